The summed E-state index contributed by atoms with van der Waals surface area (Å²) >= 11 is 0. The van der Waals surface area contributed by atoms with Gasteiger partial charge in [-0.2, -0.15) is 4.98 Å². The molecule has 1 saturated carbocycles. The van der Waals surface area contributed by atoms with Crippen LogP contribution < -0.4 is 10.5 Å². The quantitative estimate of drug-likeness (QED) is 0.704. The molecule has 144 valence electrons. The number of sulfonamides is 1. The highest BCUT2D eigenvalue weighted by molar-refractivity contribution is 7.89. The van der Waals surface area contributed by atoms with Crippen LogP contribution in [0.25, 0.3) is 11.1 Å². The molecule has 2 heterocycles. The van der Waals surface area contributed by atoms with E-state index in [1.165, 1.54) is 16.7 Å². The molecule has 1 aliphatic carbocycles. The molecule has 0 radical (unpaired) electrons. The van der Waals surface area contributed by atoms with E-state index in [1.807, 2.05) is 0 Å². The normalized spacial score (nSPS) is 16.2. The second-order valence-electron chi connectivity index (χ2n) is 6.77. The van der Waals surface area contributed by atoms with Crippen molar-refractivity contribution < 1.29 is 17.4 Å². The van der Waals surface area contributed by atoms with Crippen LogP contribution in [0.2, 0.25) is 0 Å². The predicted molar refractivity (Wildman–Crippen MR) is 95.8 cm³/mol. The van der Waals surface area contributed by atoms with Gasteiger partial charge in [-0.15, -0.1) is 0 Å². The Morgan fingerprint density at radius 1 is 1.26 bits per heavy atom. The Labute approximate surface area is 155 Å². The Kier molecular flexibility index (Phi) is 4.60. The van der Waals surface area contributed by atoms with Gasteiger partial charge in [0.05, 0.1) is 17.0 Å². The molecule has 4 rings (SSSR count). The van der Waals surface area contributed by atoms with Crippen LogP contribution in [0.5, 0.6) is 0 Å². The summed E-state index contributed by atoms with van der Waals surface area (Å²) in [6.07, 6.45) is 4.88. The Hall–Kier alpha value is -2.46. The van der Waals surface area contributed by atoms with E-state index in [0.717, 1.165) is 32.1 Å². The molecule has 1 aromatic carbocycles. The van der Waals surface area contributed by atoms with Crippen LogP contribution in [-0.2, 0) is 16.6 Å². The number of fused-ring (bicyclic) bond motifs is 1. The van der Waals surface area contributed by atoms with Gasteiger partial charge in [0.2, 0.25) is 15.9 Å². The van der Waals surface area contributed by atoms with Gasteiger partial charge in [0.25, 0.3) is 0 Å². The minimum absolute atomic E-state index is 0.0440. The summed E-state index contributed by atoms with van der Waals surface area (Å²) in [5.74, 6) is 0.128. The SMILES string of the molecule is Cc1nc(Cn2c(=O)oc3cc(S(=O)(=O)NC4CCCCC4)ccc32)no1. The fourth-order valence-electron chi connectivity index (χ4n) is 3.42. The van der Waals surface area contributed by atoms with Crippen molar-refractivity contribution in [3.63, 3.8) is 0 Å². The van der Waals surface area contributed by atoms with Crippen LogP contribution in [0.1, 0.15) is 43.8 Å². The second kappa shape index (κ2) is 6.93. The molecule has 9 nitrogen and oxygen atoms in total. The summed E-state index contributed by atoms with van der Waals surface area (Å²) in [7, 11) is -3.67. The first-order valence-corrected chi connectivity index (χ1v) is 10.4. The third-order valence-corrected chi connectivity index (χ3v) is 6.26. The minimum Gasteiger partial charge on any atom is -0.408 e. The van der Waals surface area contributed by atoms with Crippen LogP contribution in [0, 0.1) is 6.92 Å². The van der Waals surface area contributed by atoms with E-state index < -0.39 is 15.8 Å². The largest absolute Gasteiger partial charge is 0.420 e. The number of rotatable bonds is 5. The molecule has 0 saturated heterocycles. The Morgan fingerprint density at radius 3 is 2.74 bits per heavy atom. The van der Waals surface area contributed by atoms with Crippen molar-refractivity contribution in [2.24, 2.45) is 0 Å². The maximum Gasteiger partial charge on any atom is 0.420 e. The first kappa shape index (κ1) is 17.9. The van der Waals surface area contributed by atoms with E-state index in [9.17, 15) is 13.2 Å². The summed E-state index contributed by atoms with van der Waals surface area (Å²) in [6, 6.07) is 4.36. The van der Waals surface area contributed by atoms with Crippen LogP contribution in [0.15, 0.2) is 36.8 Å². The van der Waals surface area contributed by atoms with Gasteiger partial charge in [-0.1, -0.05) is 24.4 Å². The Balaban J connectivity index is 1.63. The lowest BCUT2D eigenvalue weighted by Gasteiger charge is -2.22. The summed E-state index contributed by atoms with van der Waals surface area (Å²) in [4.78, 5) is 16.3. The standard InChI is InChI=1S/C17H20N4O5S/c1-11-18-16(19-26-11)10-21-14-8-7-13(9-15(14)25-17(21)22)27(23,24)20-12-5-3-2-4-6-12/h7-9,12,20H,2-6,10H2,1H3. The average Bonchev–Trinajstić information content (AvgIpc) is 3.18. The molecule has 2 aromatic heterocycles. The van der Waals surface area contributed by atoms with E-state index in [0.29, 0.717) is 17.2 Å². The van der Waals surface area contributed by atoms with E-state index in [1.54, 1.807) is 13.0 Å². The highest BCUT2D eigenvalue weighted by Gasteiger charge is 2.23. The van der Waals surface area contributed by atoms with Gasteiger partial charge in [0.1, 0.15) is 0 Å². The van der Waals surface area contributed by atoms with Crippen molar-refractivity contribution in [1.29, 1.82) is 0 Å². The maximum atomic E-state index is 12.7. The van der Waals surface area contributed by atoms with Crippen molar-refractivity contribution in [3.8, 4) is 0 Å². The van der Waals surface area contributed by atoms with Crippen molar-refractivity contribution in [2.75, 3.05) is 0 Å². The number of aryl methyl sites for hydroxylation is 1. The number of nitrogens with zero attached hydrogens (tertiary/aromatic N) is 3. The number of oxazole rings is 1. The zero-order valence-corrected chi connectivity index (χ0v) is 15.7. The van der Waals surface area contributed by atoms with Gasteiger partial charge < -0.3 is 8.94 Å². The maximum absolute atomic E-state index is 12.7. The molecule has 1 N–H and O–H groups in total. The van der Waals surface area contributed by atoms with Gasteiger partial charge in [-0.25, -0.2) is 17.9 Å². The van der Waals surface area contributed by atoms with Crippen LogP contribution in [0.3, 0.4) is 0 Å². The number of benzene rings is 1. The van der Waals surface area contributed by atoms with Crippen LogP contribution in [0.4, 0.5) is 0 Å². The molecular formula is C17H20N4O5S. The lowest BCUT2D eigenvalue weighted by molar-refractivity contribution is 0.385. The molecule has 0 amide bonds. The van der Waals surface area contributed by atoms with E-state index >= 15 is 0 Å². The molecule has 3 aromatic rings. The molecule has 0 bridgehead atoms. The average molecular weight is 392 g/mol. The summed E-state index contributed by atoms with van der Waals surface area (Å²) in [5.41, 5.74) is 0.672. The van der Waals surface area contributed by atoms with Gasteiger partial charge in [0.15, 0.2) is 11.4 Å². The zero-order valence-electron chi connectivity index (χ0n) is 14.8. The fourth-order valence-corrected chi connectivity index (χ4v) is 4.74. The molecule has 1 aliphatic rings. The van der Waals surface area contributed by atoms with E-state index in [4.69, 9.17) is 8.94 Å². The smallest absolute Gasteiger partial charge is 0.408 e. The summed E-state index contributed by atoms with van der Waals surface area (Å²) in [5, 5.41) is 3.77. The van der Waals surface area contributed by atoms with Gasteiger partial charge in [0, 0.05) is 19.0 Å². The molecule has 0 atom stereocenters. The number of hydrogen-bond donors (Lipinski definition) is 1. The summed E-state index contributed by atoms with van der Waals surface area (Å²) in [6.45, 7) is 1.73. The van der Waals surface area contributed by atoms with Crippen LogP contribution >= 0.6 is 0 Å². The third-order valence-electron chi connectivity index (χ3n) is 4.75. The van der Waals surface area contributed by atoms with E-state index in [-0.39, 0.29) is 23.1 Å². The highest BCUT2D eigenvalue weighted by Crippen LogP contribution is 2.22. The molecule has 0 aliphatic heterocycles. The number of hydrogen-bond acceptors (Lipinski definition) is 7. The minimum atomic E-state index is -3.67. The van der Waals surface area contributed by atoms with Crippen LogP contribution in [-0.4, -0.2) is 29.2 Å². The molecule has 27 heavy (non-hydrogen) atoms. The van der Waals surface area contributed by atoms with Crippen molar-refractivity contribution >= 4 is 21.1 Å². The monoisotopic (exact) mass is 392 g/mol. The number of aromatic nitrogens is 3. The van der Waals surface area contributed by atoms with Crippen molar-refractivity contribution in [1.82, 2.24) is 19.4 Å². The lowest BCUT2D eigenvalue weighted by Crippen LogP contribution is -2.36. The molecule has 0 spiro atoms. The van der Waals surface area contributed by atoms with E-state index in [2.05, 4.69) is 14.9 Å². The lowest BCUT2D eigenvalue weighted by atomic mass is 9.96. The third kappa shape index (κ3) is 3.67. The zero-order chi connectivity index (χ0) is 19.0. The molecule has 10 heteroatoms. The fraction of sp³-hybridized carbons (Fsp3) is 0.471. The Morgan fingerprint density at radius 2 is 2.04 bits per heavy atom. The van der Waals surface area contributed by atoms with Gasteiger partial charge >= 0.3 is 5.76 Å². The Bertz CT molecular complexity index is 1120. The first-order valence-electron chi connectivity index (χ1n) is 8.87. The second-order valence-corrected chi connectivity index (χ2v) is 8.48. The predicted octanol–water partition coefficient (Wildman–Crippen LogP) is 1.95. The molecular weight excluding hydrogens is 372 g/mol. The molecule has 0 unspecified atom stereocenters. The topological polar surface area (TPSA) is 120 Å². The van der Waals surface area contributed by atoms with Crippen molar-refractivity contribution in [2.45, 2.75) is 56.5 Å². The van der Waals surface area contributed by atoms with Gasteiger partial charge in [-0.3, -0.25) is 4.57 Å². The number of nitrogens with one attached hydrogen (secondary N) is 1. The highest BCUT2D eigenvalue weighted by atomic mass is 32.2. The molecule has 1 fully saturated rings. The van der Waals surface area contributed by atoms with Gasteiger partial charge in [-0.05, 0) is 25.0 Å². The van der Waals surface area contributed by atoms with Crippen molar-refractivity contribution in [3.05, 3.63) is 40.5 Å². The first-order chi connectivity index (χ1) is 12.9. The summed E-state index contributed by atoms with van der Waals surface area (Å²) < 4.78 is 39.5.